The van der Waals surface area contributed by atoms with Crippen molar-refractivity contribution in [2.45, 2.75) is 12.3 Å². The van der Waals surface area contributed by atoms with Gasteiger partial charge in [0.15, 0.2) is 0 Å². The number of aliphatic imine (C=N–C) groups is 1. The predicted octanol–water partition coefficient (Wildman–Crippen LogP) is 2.74. The Balaban J connectivity index is 2.19. The van der Waals surface area contributed by atoms with Crippen molar-refractivity contribution in [3.63, 3.8) is 0 Å². The number of benzene rings is 2. The molecule has 0 saturated heterocycles. The second kappa shape index (κ2) is 6.66. The lowest BCUT2D eigenvalue weighted by Crippen LogP contribution is -2.47. The molecule has 25 heavy (non-hydrogen) atoms. The standard InChI is InChI=1S/C17H14F3N3O2/c18-17(19,20)10-23-13-9-5-4-8-12(13)14(11-6-2-1-3-7-11)21-15(22-25)16(23)24/h1-9,15,22,25H,10H2/t15-/m1/s1. The molecule has 0 saturated carbocycles. The van der Waals surface area contributed by atoms with E-state index in [0.29, 0.717) is 21.7 Å². The van der Waals surface area contributed by atoms with Crippen LogP contribution in [0.2, 0.25) is 0 Å². The molecule has 0 fully saturated rings. The number of hydrogen-bond donors (Lipinski definition) is 2. The van der Waals surface area contributed by atoms with E-state index in [2.05, 4.69) is 4.99 Å². The third-order valence-electron chi connectivity index (χ3n) is 3.72. The predicted molar refractivity (Wildman–Crippen MR) is 85.6 cm³/mol. The van der Waals surface area contributed by atoms with Crippen LogP contribution in [0, 0.1) is 0 Å². The van der Waals surface area contributed by atoms with Crippen molar-refractivity contribution in [1.82, 2.24) is 5.48 Å². The van der Waals surface area contributed by atoms with Gasteiger partial charge in [-0.3, -0.25) is 14.7 Å². The highest BCUT2D eigenvalue weighted by molar-refractivity contribution is 6.20. The molecule has 2 aromatic carbocycles. The lowest BCUT2D eigenvalue weighted by atomic mass is 10.0. The zero-order valence-corrected chi connectivity index (χ0v) is 12.9. The van der Waals surface area contributed by atoms with Crippen molar-refractivity contribution in [3.8, 4) is 0 Å². The molecule has 0 bridgehead atoms. The van der Waals surface area contributed by atoms with Crippen LogP contribution in [0.5, 0.6) is 0 Å². The number of para-hydroxylation sites is 1. The highest BCUT2D eigenvalue weighted by Crippen LogP contribution is 2.30. The molecule has 1 amide bonds. The summed E-state index contributed by atoms with van der Waals surface area (Å²) in [6, 6.07) is 15.0. The van der Waals surface area contributed by atoms with Crippen molar-refractivity contribution < 1.29 is 23.2 Å². The molecule has 1 aliphatic heterocycles. The number of nitrogens with zero attached hydrogens (tertiary/aromatic N) is 2. The number of halogens is 3. The SMILES string of the molecule is O=C1[C@@H](NO)N=C(c2ccccc2)c2ccccc2N1CC(F)(F)F. The van der Waals surface area contributed by atoms with Gasteiger partial charge in [0.2, 0.25) is 6.17 Å². The van der Waals surface area contributed by atoms with E-state index in [0.717, 1.165) is 0 Å². The van der Waals surface area contributed by atoms with E-state index in [9.17, 15) is 23.2 Å². The van der Waals surface area contributed by atoms with Gasteiger partial charge in [-0.15, -0.1) is 0 Å². The lowest BCUT2D eigenvalue weighted by Gasteiger charge is -2.25. The normalized spacial score (nSPS) is 17.8. The monoisotopic (exact) mass is 349 g/mol. The fourth-order valence-electron chi connectivity index (χ4n) is 2.68. The van der Waals surface area contributed by atoms with Gasteiger partial charge in [0.1, 0.15) is 6.54 Å². The summed E-state index contributed by atoms with van der Waals surface area (Å²) < 4.78 is 38.9. The van der Waals surface area contributed by atoms with E-state index in [4.69, 9.17) is 0 Å². The lowest BCUT2D eigenvalue weighted by molar-refractivity contribution is -0.135. The summed E-state index contributed by atoms with van der Waals surface area (Å²) in [6.07, 6.45) is -6.13. The zero-order chi connectivity index (χ0) is 18.0. The van der Waals surface area contributed by atoms with Gasteiger partial charge >= 0.3 is 6.18 Å². The number of anilines is 1. The summed E-state index contributed by atoms with van der Waals surface area (Å²) >= 11 is 0. The number of carbonyl (C=O) groups excluding carboxylic acids is 1. The van der Waals surface area contributed by atoms with Crippen molar-refractivity contribution in [1.29, 1.82) is 0 Å². The Labute approximate surface area is 141 Å². The van der Waals surface area contributed by atoms with Crippen LogP contribution in [0.15, 0.2) is 59.6 Å². The van der Waals surface area contributed by atoms with E-state index in [1.54, 1.807) is 54.0 Å². The highest BCUT2D eigenvalue weighted by atomic mass is 19.4. The minimum Gasteiger partial charge on any atom is -0.314 e. The van der Waals surface area contributed by atoms with Crippen LogP contribution in [0.25, 0.3) is 0 Å². The maximum absolute atomic E-state index is 13.0. The molecule has 1 heterocycles. The van der Waals surface area contributed by atoms with Gasteiger partial charge < -0.3 is 5.21 Å². The van der Waals surface area contributed by atoms with E-state index in [1.807, 2.05) is 0 Å². The summed E-state index contributed by atoms with van der Waals surface area (Å²) in [7, 11) is 0. The highest BCUT2D eigenvalue weighted by Gasteiger charge is 2.39. The summed E-state index contributed by atoms with van der Waals surface area (Å²) in [5.74, 6) is -0.988. The summed E-state index contributed by atoms with van der Waals surface area (Å²) in [5, 5.41) is 9.26. The first kappa shape index (κ1) is 17.1. The third kappa shape index (κ3) is 3.54. The minimum atomic E-state index is -4.60. The van der Waals surface area contributed by atoms with Gasteiger partial charge in [-0.05, 0) is 6.07 Å². The molecular formula is C17H14F3N3O2. The molecule has 0 radical (unpaired) electrons. The van der Waals surface area contributed by atoms with E-state index >= 15 is 0 Å². The van der Waals surface area contributed by atoms with Crippen LogP contribution >= 0.6 is 0 Å². The number of hydrogen-bond acceptors (Lipinski definition) is 4. The van der Waals surface area contributed by atoms with E-state index in [-0.39, 0.29) is 5.69 Å². The van der Waals surface area contributed by atoms with E-state index in [1.165, 1.54) is 6.07 Å². The molecule has 0 spiro atoms. The Morgan fingerprint density at radius 3 is 2.36 bits per heavy atom. The summed E-state index contributed by atoms with van der Waals surface area (Å²) in [6.45, 7) is -1.47. The maximum atomic E-state index is 13.0. The topological polar surface area (TPSA) is 64.9 Å². The molecule has 1 aliphatic rings. The molecule has 0 aromatic heterocycles. The number of rotatable bonds is 3. The van der Waals surface area contributed by atoms with Crippen molar-refractivity contribution in [2.75, 3.05) is 11.4 Å². The number of hydroxylamine groups is 1. The first-order chi connectivity index (χ1) is 11.9. The number of carbonyl (C=O) groups is 1. The number of benzodiazepines with no additional fused rings is 1. The molecular weight excluding hydrogens is 335 g/mol. The second-order valence-electron chi connectivity index (χ2n) is 5.43. The van der Waals surface area contributed by atoms with Crippen LogP contribution in [0.3, 0.4) is 0 Å². The maximum Gasteiger partial charge on any atom is 0.406 e. The number of fused-ring (bicyclic) bond motifs is 1. The van der Waals surface area contributed by atoms with Crippen LogP contribution in [0.1, 0.15) is 11.1 Å². The zero-order valence-electron chi connectivity index (χ0n) is 12.9. The minimum absolute atomic E-state index is 0.0881. The molecule has 0 aliphatic carbocycles. The van der Waals surface area contributed by atoms with Crippen LogP contribution in [-0.4, -0.2) is 35.7 Å². The van der Waals surface area contributed by atoms with Gasteiger partial charge in [-0.2, -0.15) is 18.7 Å². The molecule has 5 nitrogen and oxygen atoms in total. The summed E-state index contributed by atoms with van der Waals surface area (Å²) in [4.78, 5) is 17.2. The molecule has 130 valence electrons. The Morgan fingerprint density at radius 1 is 1.08 bits per heavy atom. The number of nitrogens with one attached hydrogen (secondary N) is 1. The quantitative estimate of drug-likeness (QED) is 0.838. The average Bonchev–Trinajstić information content (AvgIpc) is 2.71. The average molecular weight is 349 g/mol. The van der Waals surface area contributed by atoms with Crippen LogP contribution in [-0.2, 0) is 4.79 Å². The van der Waals surface area contributed by atoms with Crippen molar-refractivity contribution in [3.05, 3.63) is 65.7 Å². The Bertz CT molecular complexity index is 806. The molecule has 2 N–H and O–H groups in total. The third-order valence-corrected chi connectivity index (χ3v) is 3.72. The number of alkyl halides is 3. The first-order valence-corrected chi connectivity index (χ1v) is 7.41. The Morgan fingerprint density at radius 2 is 1.72 bits per heavy atom. The fourth-order valence-corrected chi connectivity index (χ4v) is 2.68. The summed E-state index contributed by atoms with van der Waals surface area (Å²) in [5.41, 5.74) is 3.11. The molecule has 3 rings (SSSR count). The van der Waals surface area contributed by atoms with Gasteiger partial charge in [-0.1, -0.05) is 48.5 Å². The van der Waals surface area contributed by atoms with Gasteiger partial charge in [0, 0.05) is 11.1 Å². The van der Waals surface area contributed by atoms with Crippen molar-refractivity contribution >= 4 is 17.3 Å². The number of amides is 1. The largest absolute Gasteiger partial charge is 0.406 e. The Hall–Kier alpha value is -2.71. The fraction of sp³-hybridized carbons (Fsp3) is 0.176. The van der Waals surface area contributed by atoms with Crippen molar-refractivity contribution in [2.24, 2.45) is 4.99 Å². The molecule has 8 heteroatoms. The van der Waals surface area contributed by atoms with Gasteiger partial charge in [-0.25, -0.2) is 0 Å². The van der Waals surface area contributed by atoms with Crippen LogP contribution < -0.4 is 10.4 Å². The van der Waals surface area contributed by atoms with E-state index < -0.39 is 24.8 Å². The smallest absolute Gasteiger partial charge is 0.314 e. The Kier molecular flexibility index (Phi) is 4.56. The van der Waals surface area contributed by atoms with Crippen LogP contribution in [0.4, 0.5) is 18.9 Å². The molecule has 2 aromatic rings. The molecule has 1 atom stereocenters. The second-order valence-corrected chi connectivity index (χ2v) is 5.43. The molecule has 0 unspecified atom stereocenters. The van der Waals surface area contributed by atoms with Gasteiger partial charge in [0.05, 0.1) is 11.4 Å². The van der Waals surface area contributed by atoms with Gasteiger partial charge in [0.25, 0.3) is 5.91 Å². The first-order valence-electron chi connectivity index (χ1n) is 7.41.